The summed E-state index contributed by atoms with van der Waals surface area (Å²) in [6, 6.07) is 21.0. The van der Waals surface area contributed by atoms with Crippen molar-refractivity contribution in [1.29, 1.82) is 0 Å². The van der Waals surface area contributed by atoms with Crippen molar-refractivity contribution in [2.75, 3.05) is 0 Å². The number of aryl methyl sites for hydroxylation is 1. The third-order valence-electron chi connectivity index (χ3n) is 5.01. The van der Waals surface area contributed by atoms with E-state index in [1.807, 2.05) is 54.6 Å². The number of unbranched alkanes of at least 4 members (excludes halogenated alkanes) is 4. The standard InChI is InChI=1S/C25H26F2/c1-2-3-4-5-7-12-22-17-18-23(25(27)24(22)26)21-15-13-20(14-16-21)19-10-8-6-9-11-19/h6,8-11,13-18H,2-5,7,12H2,1H3. The highest BCUT2D eigenvalue weighted by Gasteiger charge is 2.14. The molecule has 0 nitrogen and oxygen atoms in total. The molecule has 27 heavy (non-hydrogen) atoms. The van der Waals surface area contributed by atoms with E-state index in [0.717, 1.165) is 30.4 Å². The summed E-state index contributed by atoms with van der Waals surface area (Å²) in [6.07, 6.45) is 6.11. The second-order valence-electron chi connectivity index (χ2n) is 7.01. The molecule has 0 aliphatic heterocycles. The lowest BCUT2D eigenvalue weighted by Gasteiger charge is -2.10. The molecule has 0 unspecified atom stereocenters. The Morgan fingerprint density at radius 2 is 1.22 bits per heavy atom. The zero-order chi connectivity index (χ0) is 19.1. The van der Waals surface area contributed by atoms with Crippen LogP contribution in [0.25, 0.3) is 22.3 Å². The minimum absolute atomic E-state index is 0.321. The normalized spacial score (nSPS) is 10.9. The molecule has 0 aliphatic rings. The summed E-state index contributed by atoms with van der Waals surface area (Å²) in [6.45, 7) is 2.17. The predicted molar refractivity (Wildman–Crippen MR) is 110 cm³/mol. The molecule has 0 spiro atoms. The van der Waals surface area contributed by atoms with Crippen molar-refractivity contribution in [2.45, 2.75) is 45.4 Å². The Balaban J connectivity index is 1.74. The Labute approximate surface area is 160 Å². The third-order valence-corrected chi connectivity index (χ3v) is 5.01. The van der Waals surface area contributed by atoms with Crippen molar-refractivity contribution in [2.24, 2.45) is 0 Å². The fourth-order valence-corrected chi connectivity index (χ4v) is 3.40. The number of benzene rings is 3. The Kier molecular flexibility index (Phi) is 6.75. The maximum absolute atomic E-state index is 14.6. The molecule has 3 aromatic rings. The molecular weight excluding hydrogens is 338 g/mol. The summed E-state index contributed by atoms with van der Waals surface area (Å²) >= 11 is 0. The van der Waals surface area contributed by atoms with E-state index < -0.39 is 11.6 Å². The summed E-state index contributed by atoms with van der Waals surface area (Å²) in [7, 11) is 0. The van der Waals surface area contributed by atoms with E-state index in [2.05, 4.69) is 6.92 Å². The molecule has 0 saturated carbocycles. The molecule has 0 heterocycles. The van der Waals surface area contributed by atoms with Gasteiger partial charge in [-0.15, -0.1) is 0 Å². The summed E-state index contributed by atoms with van der Waals surface area (Å²) in [5, 5.41) is 0. The van der Waals surface area contributed by atoms with Crippen molar-refractivity contribution in [3.63, 3.8) is 0 Å². The Morgan fingerprint density at radius 1 is 0.593 bits per heavy atom. The van der Waals surface area contributed by atoms with Gasteiger partial charge in [-0.05, 0) is 35.1 Å². The lowest BCUT2D eigenvalue weighted by molar-refractivity contribution is 0.497. The first-order valence-corrected chi connectivity index (χ1v) is 9.83. The molecule has 0 saturated heterocycles. The third kappa shape index (κ3) is 4.82. The van der Waals surface area contributed by atoms with Crippen molar-refractivity contribution in [3.05, 3.63) is 83.9 Å². The first-order valence-electron chi connectivity index (χ1n) is 9.83. The van der Waals surface area contributed by atoms with Gasteiger partial charge in [-0.1, -0.05) is 99.3 Å². The van der Waals surface area contributed by atoms with Crippen LogP contribution in [0.3, 0.4) is 0 Å². The van der Waals surface area contributed by atoms with Crippen molar-refractivity contribution in [1.82, 2.24) is 0 Å². The lowest BCUT2D eigenvalue weighted by atomic mass is 9.97. The fraction of sp³-hybridized carbons (Fsp3) is 0.280. The highest BCUT2D eigenvalue weighted by Crippen LogP contribution is 2.29. The molecule has 2 heteroatoms. The van der Waals surface area contributed by atoms with Gasteiger partial charge in [0.15, 0.2) is 11.6 Å². The number of hydrogen-bond donors (Lipinski definition) is 0. The maximum atomic E-state index is 14.6. The Bertz CT molecular complexity index is 851. The molecule has 0 amide bonds. The largest absolute Gasteiger partial charge is 0.203 e. The second kappa shape index (κ2) is 9.45. The van der Waals surface area contributed by atoms with Crippen molar-refractivity contribution >= 4 is 0 Å². The van der Waals surface area contributed by atoms with Crippen LogP contribution in [0.5, 0.6) is 0 Å². The molecule has 0 atom stereocenters. The zero-order valence-electron chi connectivity index (χ0n) is 15.8. The van der Waals surface area contributed by atoms with Gasteiger partial charge in [0, 0.05) is 5.56 Å². The fourth-order valence-electron chi connectivity index (χ4n) is 3.40. The van der Waals surface area contributed by atoms with Crippen LogP contribution in [0, 0.1) is 11.6 Å². The summed E-state index contributed by atoms with van der Waals surface area (Å²) < 4.78 is 29.1. The van der Waals surface area contributed by atoms with E-state index >= 15 is 0 Å². The smallest absolute Gasteiger partial charge is 0.166 e. The quantitative estimate of drug-likeness (QED) is 0.357. The molecule has 0 N–H and O–H groups in total. The van der Waals surface area contributed by atoms with Gasteiger partial charge in [-0.2, -0.15) is 0 Å². The van der Waals surface area contributed by atoms with Gasteiger partial charge >= 0.3 is 0 Å². The van der Waals surface area contributed by atoms with Gasteiger partial charge in [-0.3, -0.25) is 0 Å². The molecule has 0 bridgehead atoms. The van der Waals surface area contributed by atoms with Crippen molar-refractivity contribution < 1.29 is 8.78 Å². The SMILES string of the molecule is CCCCCCCc1ccc(-c2ccc(-c3ccccc3)cc2)c(F)c1F. The van der Waals surface area contributed by atoms with E-state index in [-0.39, 0.29) is 0 Å². The average Bonchev–Trinajstić information content (AvgIpc) is 2.72. The summed E-state index contributed by atoms with van der Waals surface area (Å²) in [5.41, 5.74) is 3.66. The molecule has 0 radical (unpaired) electrons. The van der Waals surface area contributed by atoms with Crippen LogP contribution >= 0.6 is 0 Å². The molecular formula is C25H26F2. The predicted octanol–water partition coefficient (Wildman–Crippen LogP) is 7.81. The highest BCUT2D eigenvalue weighted by molar-refractivity contribution is 5.71. The van der Waals surface area contributed by atoms with Crippen LogP contribution in [0.15, 0.2) is 66.7 Å². The van der Waals surface area contributed by atoms with E-state index in [4.69, 9.17) is 0 Å². The molecule has 140 valence electrons. The van der Waals surface area contributed by atoms with E-state index in [1.165, 1.54) is 12.8 Å². The van der Waals surface area contributed by atoms with Crippen LogP contribution in [0.4, 0.5) is 8.78 Å². The Hall–Kier alpha value is -2.48. The van der Waals surface area contributed by atoms with Crippen LogP contribution in [-0.2, 0) is 6.42 Å². The van der Waals surface area contributed by atoms with Gasteiger partial charge in [0.25, 0.3) is 0 Å². The summed E-state index contributed by atoms with van der Waals surface area (Å²) in [4.78, 5) is 0. The first-order chi connectivity index (χ1) is 13.2. The molecule has 3 rings (SSSR count). The lowest BCUT2D eigenvalue weighted by Crippen LogP contribution is -1.98. The van der Waals surface area contributed by atoms with E-state index in [1.54, 1.807) is 12.1 Å². The topological polar surface area (TPSA) is 0 Å². The first kappa shape index (κ1) is 19.3. The Morgan fingerprint density at radius 3 is 1.93 bits per heavy atom. The van der Waals surface area contributed by atoms with Crippen LogP contribution in [0.1, 0.15) is 44.6 Å². The van der Waals surface area contributed by atoms with E-state index in [0.29, 0.717) is 23.1 Å². The number of hydrogen-bond acceptors (Lipinski definition) is 0. The van der Waals surface area contributed by atoms with Gasteiger partial charge in [0.1, 0.15) is 0 Å². The second-order valence-corrected chi connectivity index (χ2v) is 7.01. The maximum Gasteiger partial charge on any atom is 0.166 e. The highest BCUT2D eigenvalue weighted by atomic mass is 19.2. The molecule has 0 aromatic heterocycles. The van der Waals surface area contributed by atoms with Crippen LogP contribution < -0.4 is 0 Å². The van der Waals surface area contributed by atoms with Crippen LogP contribution in [0.2, 0.25) is 0 Å². The molecule has 0 aliphatic carbocycles. The van der Waals surface area contributed by atoms with Crippen LogP contribution in [-0.4, -0.2) is 0 Å². The van der Waals surface area contributed by atoms with Gasteiger partial charge in [0.2, 0.25) is 0 Å². The monoisotopic (exact) mass is 364 g/mol. The molecule has 0 fully saturated rings. The number of rotatable bonds is 8. The number of halogens is 2. The average molecular weight is 364 g/mol. The van der Waals surface area contributed by atoms with E-state index in [9.17, 15) is 8.78 Å². The van der Waals surface area contributed by atoms with Gasteiger partial charge < -0.3 is 0 Å². The van der Waals surface area contributed by atoms with Gasteiger partial charge in [0.05, 0.1) is 0 Å². The molecule has 3 aromatic carbocycles. The zero-order valence-corrected chi connectivity index (χ0v) is 15.8. The summed E-state index contributed by atoms with van der Waals surface area (Å²) in [5.74, 6) is -1.44. The van der Waals surface area contributed by atoms with Gasteiger partial charge in [-0.25, -0.2) is 8.78 Å². The minimum atomic E-state index is -0.742. The minimum Gasteiger partial charge on any atom is -0.203 e. The van der Waals surface area contributed by atoms with Crippen molar-refractivity contribution in [3.8, 4) is 22.3 Å².